The summed E-state index contributed by atoms with van der Waals surface area (Å²) in [5, 5.41) is 3.55. The van der Waals surface area contributed by atoms with Crippen molar-refractivity contribution in [1.82, 2.24) is 34.0 Å². The minimum absolute atomic E-state index is 0. The van der Waals surface area contributed by atoms with Crippen LogP contribution in [0.1, 0.15) is 28.1 Å². The van der Waals surface area contributed by atoms with Gasteiger partial charge in [-0.05, 0) is 48.9 Å². The van der Waals surface area contributed by atoms with E-state index in [-0.39, 0.29) is 43.4 Å². The largest absolute Gasteiger partial charge is 0.329 e. The van der Waals surface area contributed by atoms with Crippen molar-refractivity contribution in [3.63, 3.8) is 0 Å². The second-order valence-electron chi connectivity index (χ2n) is 12.4. The average molecular weight is 840 g/mol. The van der Waals surface area contributed by atoms with Crippen LogP contribution in [0.5, 0.6) is 0 Å². The standard InChI is InChI=1S/C24H17ClN4O3S.C16H15ClN4OS.CH4/c1-33-24-26-13-14-12-18(15-6-4-5-9-19(15)25)23(32)28(20(14)27-24)10-11-29-21(30)16-7-2-3-8-17(16)22(29)31;1-23-16-19-9-10-8-12(11-4-2-3-5-13(11)17)15(22)21(7-6-18)14(10)20-16;/h2-9,12-13H,10-11H2,1H3;2-5,8-9H,6-7,18H2,1H3;1H4. The van der Waals surface area contributed by atoms with Crippen LogP contribution in [-0.4, -0.2) is 71.4 Å². The van der Waals surface area contributed by atoms with Gasteiger partial charge in [-0.2, -0.15) is 0 Å². The van der Waals surface area contributed by atoms with Crippen molar-refractivity contribution in [3.8, 4) is 22.3 Å². The van der Waals surface area contributed by atoms with E-state index < -0.39 is 0 Å². The first kappa shape index (κ1) is 41.3. The fourth-order valence-electron chi connectivity index (χ4n) is 6.41. The molecule has 4 aromatic heterocycles. The number of aromatic nitrogens is 6. The van der Waals surface area contributed by atoms with E-state index in [2.05, 4.69) is 19.9 Å². The predicted molar refractivity (Wildman–Crippen MR) is 230 cm³/mol. The first-order valence-corrected chi connectivity index (χ1v) is 20.4. The van der Waals surface area contributed by atoms with Gasteiger partial charge in [0.1, 0.15) is 11.3 Å². The van der Waals surface area contributed by atoms with Crippen molar-refractivity contribution in [2.24, 2.45) is 5.73 Å². The minimum atomic E-state index is -0.366. The Kier molecular flexibility index (Phi) is 12.9. The van der Waals surface area contributed by atoms with Gasteiger partial charge < -0.3 is 5.73 Å². The van der Waals surface area contributed by atoms with Crippen molar-refractivity contribution >= 4 is 80.6 Å². The number of benzene rings is 3. The van der Waals surface area contributed by atoms with Crippen LogP contribution >= 0.6 is 46.7 Å². The van der Waals surface area contributed by atoms with E-state index in [4.69, 9.17) is 28.9 Å². The lowest BCUT2D eigenvalue weighted by molar-refractivity contribution is 0.0649. The van der Waals surface area contributed by atoms with E-state index in [9.17, 15) is 19.2 Å². The van der Waals surface area contributed by atoms with Gasteiger partial charge in [-0.25, -0.2) is 19.9 Å². The molecule has 0 atom stereocenters. The van der Waals surface area contributed by atoms with E-state index in [0.717, 1.165) is 5.39 Å². The van der Waals surface area contributed by atoms with Crippen LogP contribution in [0.3, 0.4) is 0 Å². The fraction of sp³-hybridized carbons (Fsp3) is 0.171. The number of fused-ring (bicyclic) bond motifs is 3. The average Bonchev–Trinajstić information content (AvgIpc) is 3.46. The van der Waals surface area contributed by atoms with E-state index in [1.165, 1.54) is 33.0 Å². The van der Waals surface area contributed by atoms with Crippen molar-refractivity contribution in [2.75, 3.05) is 25.6 Å². The quantitative estimate of drug-likeness (QED) is 0.0869. The summed E-state index contributed by atoms with van der Waals surface area (Å²) in [4.78, 5) is 70.8. The molecule has 7 aromatic rings. The molecule has 0 aliphatic carbocycles. The van der Waals surface area contributed by atoms with Crippen LogP contribution in [0.25, 0.3) is 44.3 Å². The van der Waals surface area contributed by atoms with Crippen LogP contribution < -0.4 is 16.9 Å². The highest BCUT2D eigenvalue weighted by molar-refractivity contribution is 7.98. The summed E-state index contributed by atoms with van der Waals surface area (Å²) >= 11 is 15.4. The Morgan fingerprint density at radius 1 is 0.579 bits per heavy atom. The number of hydrogen-bond acceptors (Lipinski definition) is 11. The Labute approximate surface area is 346 Å². The smallest absolute Gasteiger partial charge is 0.261 e. The van der Waals surface area contributed by atoms with Crippen LogP contribution in [0, 0.1) is 0 Å². The number of hydrogen-bond donors (Lipinski definition) is 1. The van der Waals surface area contributed by atoms with Crippen LogP contribution in [0.2, 0.25) is 10.0 Å². The number of imide groups is 1. The van der Waals surface area contributed by atoms with Crippen LogP contribution in [-0.2, 0) is 13.1 Å². The molecule has 16 heteroatoms. The zero-order valence-corrected chi connectivity index (χ0v) is 33.1. The molecule has 0 unspecified atom stereocenters. The molecule has 57 heavy (non-hydrogen) atoms. The van der Waals surface area contributed by atoms with Crippen molar-refractivity contribution < 1.29 is 9.59 Å². The Morgan fingerprint density at radius 3 is 1.39 bits per heavy atom. The summed E-state index contributed by atoms with van der Waals surface area (Å²) in [6.07, 6.45) is 7.12. The maximum Gasteiger partial charge on any atom is 0.261 e. The third-order valence-electron chi connectivity index (χ3n) is 9.08. The summed E-state index contributed by atoms with van der Waals surface area (Å²) < 4.78 is 3.08. The number of carbonyl (C=O) groups is 2. The number of rotatable bonds is 9. The summed E-state index contributed by atoms with van der Waals surface area (Å²) in [5.41, 5.74) is 9.20. The lowest BCUT2D eigenvalue weighted by Gasteiger charge is -2.17. The monoisotopic (exact) mass is 838 g/mol. The predicted octanol–water partition coefficient (Wildman–Crippen LogP) is 7.56. The normalized spacial score (nSPS) is 12.1. The number of thioether (sulfide) groups is 2. The molecule has 0 bridgehead atoms. The maximum absolute atomic E-state index is 13.6. The molecule has 2 amide bonds. The summed E-state index contributed by atoms with van der Waals surface area (Å²) in [5.74, 6) is -0.732. The number of nitrogens with two attached hydrogens (primary N) is 1. The molecule has 1 aliphatic heterocycles. The molecule has 0 saturated heterocycles. The van der Waals surface area contributed by atoms with Crippen molar-refractivity contribution in [2.45, 2.75) is 30.8 Å². The Bertz CT molecular complexity index is 2760. The number of amides is 2. The number of nitrogens with zero attached hydrogens (tertiary/aromatic N) is 7. The molecule has 0 fully saturated rings. The van der Waals surface area contributed by atoms with Gasteiger partial charge in [-0.15, -0.1) is 0 Å². The Balaban J connectivity index is 0.000000202. The topological polar surface area (TPSA) is 159 Å². The second kappa shape index (κ2) is 17.8. The molecule has 2 N–H and O–H groups in total. The van der Waals surface area contributed by atoms with E-state index >= 15 is 0 Å². The fourth-order valence-corrected chi connectivity index (χ4v) is 7.56. The maximum atomic E-state index is 13.6. The van der Waals surface area contributed by atoms with E-state index in [1.54, 1.807) is 83.7 Å². The second-order valence-corrected chi connectivity index (χ2v) is 14.7. The molecule has 5 heterocycles. The highest BCUT2D eigenvalue weighted by Gasteiger charge is 2.35. The minimum Gasteiger partial charge on any atom is -0.329 e. The number of pyridine rings is 2. The molecule has 0 radical (unpaired) electrons. The molecule has 0 spiro atoms. The molecule has 8 rings (SSSR count). The Hall–Kier alpha value is -5.38. The summed E-state index contributed by atoms with van der Waals surface area (Å²) in [7, 11) is 0. The first-order chi connectivity index (χ1) is 27.1. The van der Waals surface area contributed by atoms with Gasteiger partial charge in [0, 0.05) is 81.6 Å². The lowest BCUT2D eigenvalue weighted by atomic mass is 10.1. The van der Waals surface area contributed by atoms with Gasteiger partial charge in [-0.1, -0.05) is 103 Å². The van der Waals surface area contributed by atoms with Crippen LogP contribution in [0.4, 0.5) is 0 Å². The number of carbonyl (C=O) groups excluding carboxylic acids is 2. The van der Waals surface area contributed by atoms with Crippen molar-refractivity contribution in [3.05, 3.63) is 139 Å². The molecule has 0 saturated carbocycles. The molecule has 1 aliphatic rings. The summed E-state index contributed by atoms with van der Waals surface area (Å²) in [6, 6.07) is 24.6. The van der Waals surface area contributed by atoms with Gasteiger partial charge in [0.25, 0.3) is 22.9 Å². The highest BCUT2D eigenvalue weighted by Crippen LogP contribution is 2.29. The molecular formula is C41H36Cl2N8O4S2. The van der Waals surface area contributed by atoms with Crippen LogP contribution in [0.15, 0.2) is 117 Å². The molecule has 290 valence electrons. The van der Waals surface area contributed by atoms with Gasteiger partial charge in [0.15, 0.2) is 10.3 Å². The lowest BCUT2D eigenvalue weighted by Crippen LogP contribution is -2.35. The van der Waals surface area contributed by atoms with Gasteiger partial charge >= 0.3 is 0 Å². The van der Waals surface area contributed by atoms with E-state index in [1.807, 2.05) is 30.7 Å². The van der Waals surface area contributed by atoms with E-state index in [0.29, 0.717) is 83.5 Å². The summed E-state index contributed by atoms with van der Waals surface area (Å²) in [6.45, 7) is 0.855. The third kappa shape index (κ3) is 8.09. The SMILES string of the molecule is C.CSc1ncc2cc(-c3ccccc3Cl)c(=O)n(CCN)c2n1.CSc1ncc2cc(-c3ccccc3Cl)c(=O)n(CCN3C(=O)c4ccccc4C3=O)c2n1. The van der Waals surface area contributed by atoms with Gasteiger partial charge in [-0.3, -0.25) is 33.2 Å². The van der Waals surface area contributed by atoms with Crippen molar-refractivity contribution in [1.29, 1.82) is 0 Å². The molecular weight excluding hydrogens is 804 g/mol. The zero-order chi connectivity index (χ0) is 39.5. The third-order valence-corrected chi connectivity index (χ3v) is 10.9. The molecule has 12 nitrogen and oxygen atoms in total. The Morgan fingerprint density at radius 2 is 0.982 bits per heavy atom. The highest BCUT2D eigenvalue weighted by atomic mass is 35.5. The molecule has 3 aromatic carbocycles. The van der Waals surface area contributed by atoms with Gasteiger partial charge in [0.05, 0.1) is 11.1 Å². The van der Waals surface area contributed by atoms with Gasteiger partial charge in [0.2, 0.25) is 0 Å². The first-order valence-electron chi connectivity index (χ1n) is 17.2. The zero-order valence-electron chi connectivity index (χ0n) is 30.0. The number of halogens is 2.